The van der Waals surface area contributed by atoms with Crippen LogP contribution in [0.1, 0.15) is 160 Å². The molecule has 3 saturated carbocycles. The lowest BCUT2D eigenvalue weighted by molar-refractivity contribution is -0.169. The maximum atomic E-state index is 13.9. The topological polar surface area (TPSA) is 26.3 Å². The van der Waals surface area contributed by atoms with Crippen LogP contribution in [0.5, 0.6) is 0 Å². The summed E-state index contributed by atoms with van der Waals surface area (Å²) in [6.45, 7) is 29.2. The van der Waals surface area contributed by atoms with E-state index in [4.69, 9.17) is 4.74 Å². The van der Waals surface area contributed by atoms with Gasteiger partial charge in [0.25, 0.3) is 0 Å². The Morgan fingerprint density at radius 2 is 1.50 bits per heavy atom. The number of carbonyl (C=O) groups is 1. The summed E-state index contributed by atoms with van der Waals surface area (Å²) in [5, 5.41) is 0. The predicted molar refractivity (Wildman–Crippen MR) is 172 cm³/mol. The van der Waals surface area contributed by atoms with Crippen molar-refractivity contribution >= 4 is 5.97 Å². The maximum Gasteiger partial charge on any atom is 0.309 e. The molecule has 0 aromatic heterocycles. The lowest BCUT2D eigenvalue weighted by Gasteiger charge is -2.61. The third-order valence-corrected chi connectivity index (χ3v) is 12.1. The number of fused-ring (bicyclic) bond motifs is 3. The van der Waals surface area contributed by atoms with Gasteiger partial charge in [0, 0.05) is 5.41 Å². The molecule has 3 aliphatic rings. The highest BCUT2D eigenvalue weighted by Crippen LogP contribution is 2.64. The molecule has 2 nitrogen and oxygen atoms in total. The largest absolute Gasteiger partial charge is 0.465 e. The maximum absolute atomic E-state index is 13.9. The number of hydrogen-bond donors (Lipinski definition) is 0. The highest BCUT2D eigenvalue weighted by Gasteiger charge is 2.57. The zero-order chi connectivity index (χ0) is 30.1. The molecule has 0 aromatic carbocycles. The van der Waals surface area contributed by atoms with Gasteiger partial charge in [-0.15, -0.1) is 0 Å². The summed E-state index contributed by atoms with van der Waals surface area (Å²) in [5.74, 6) is 5.34. The van der Waals surface area contributed by atoms with Gasteiger partial charge in [-0.2, -0.15) is 0 Å². The molecule has 2 heteroatoms. The van der Waals surface area contributed by atoms with E-state index in [2.05, 4.69) is 83.1 Å². The predicted octanol–water partition coefficient (Wildman–Crippen LogP) is 11.4. The van der Waals surface area contributed by atoms with Gasteiger partial charge >= 0.3 is 5.97 Å². The van der Waals surface area contributed by atoms with Gasteiger partial charge in [0.2, 0.25) is 0 Å². The van der Waals surface area contributed by atoms with Crippen molar-refractivity contribution in [1.29, 1.82) is 0 Å². The van der Waals surface area contributed by atoms with Crippen LogP contribution < -0.4 is 0 Å². The molecule has 6 unspecified atom stereocenters. The molecule has 40 heavy (non-hydrogen) atoms. The van der Waals surface area contributed by atoms with Crippen molar-refractivity contribution in [1.82, 2.24) is 0 Å². The zero-order valence-electron chi connectivity index (χ0n) is 29.1. The third-order valence-electron chi connectivity index (χ3n) is 12.1. The van der Waals surface area contributed by atoms with Gasteiger partial charge in [0.05, 0.1) is 12.5 Å². The molecule has 0 radical (unpaired) electrons. The summed E-state index contributed by atoms with van der Waals surface area (Å²) < 4.78 is 6.46. The number of ether oxygens (including phenoxy) is 1. The fraction of sp³-hybridized carbons (Fsp3) is 0.974. The van der Waals surface area contributed by atoms with E-state index in [9.17, 15) is 4.79 Å². The number of esters is 1. The average molecular weight is 559 g/mol. The van der Waals surface area contributed by atoms with Crippen LogP contribution in [0, 0.1) is 69.0 Å². The van der Waals surface area contributed by atoms with Gasteiger partial charge in [0.15, 0.2) is 0 Å². The van der Waals surface area contributed by atoms with Crippen molar-refractivity contribution in [2.24, 2.45) is 69.0 Å². The van der Waals surface area contributed by atoms with Gasteiger partial charge < -0.3 is 4.74 Å². The lowest BCUT2D eigenvalue weighted by atomic mass is 9.44. The monoisotopic (exact) mass is 559 g/mol. The summed E-state index contributed by atoms with van der Waals surface area (Å²) in [4.78, 5) is 13.9. The first-order valence-corrected chi connectivity index (χ1v) is 17.5. The van der Waals surface area contributed by atoms with E-state index in [1.165, 1.54) is 57.8 Å². The van der Waals surface area contributed by atoms with Crippen LogP contribution in [0.2, 0.25) is 0 Å². The molecule has 0 heterocycles. The van der Waals surface area contributed by atoms with E-state index in [0.717, 1.165) is 42.9 Å². The standard InChI is InChI=1S/C38H70O2/c1-26(2)29-15-18-32-30(22-29)16-19-33-37(11,20-13-21-38(32,33)12)25-40-34(39)31(28(4)24-36(8,9)10)17-14-27(3)23-35(5,6)7/h26-33H,13-25H2,1-12H3/t27?,28?,29?,30?,31?,32-,33?,37-,38-/m1/s1. The first-order valence-electron chi connectivity index (χ1n) is 17.5. The van der Waals surface area contributed by atoms with E-state index >= 15 is 0 Å². The molecule has 3 fully saturated rings. The Morgan fingerprint density at radius 1 is 0.850 bits per heavy atom. The van der Waals surface area contributed by atoms with Crippen molar-refractivity contribution in [3.05, 3.63) is 0 Å². The quantitative estimate of drug-likeness (QED) is 0.249. The summed E-state index contributed by atoms with van der Waals surface area (Å²) in [6.07, 6.45) is 15.3. The molecule has 0 aromatic rings. The first-order chi connectivity index (χ1) is 18.3. The molecule has 3 aliphatic carbocycles. The molecular formula is C38H70O2. The molecule has 234 valence electrons. The van der Waals surface area contributed by atoms with Gasteiger partial charge in [-0.3, -0.25) is 4.79 Å². The Kier molecular flexibility index (Phi) is 11.0. The van der Waals surface area contributed by atoms with Crippen molar-refractivity contribution in [2.75, 3.05) is 6.61 Å². The second-order valence-corrected chi connectivity index (χ2v) is 18.7. The zero-order valence-corrected chi connectivity index (χ0v) is 29.1. The van der Waals surface area contributed by atoms with Crippen LogP contribution >= 0.6 is 0 Å². The summed E-state index contributed by atoms with van der Waals surface area (Å²) >= 11 is 0. The Morgan fingerprint density at radius 3 is 2.10 bits per heavy atom. The molecule has 9 atom stereocenters. The van der Waals surface area contributed by atoms with Crippen molar-refractivity contribution in [3.63, 3.8) is 0 Å². The minimum atomic E-state index is 0.0160. The minimum absolute atomic E-state index is 0.0160. The second-order valence-electron chi connectivity index (χ2n) is 18.7. The van der Waals surface area contributed by atoms with E-state index in [-0.39, 0.29) is 22.7 Å². The van der Waals surface area contributed by atoms with Crippen LogP contribution in [0.3, 0.4) is 0 Å². The fourth-order valence-corrected chi connectivity index (χ4v) is 10.5. The summed E-state index contributed by atoms with van der Waals surface area (Å²) in [5.41, 5.74) is 1.10. The molecule has 0 N–H and O–H groups in total. The van der Waals surface area contributed by atoms with Gasteiger partial charge in [-0.1, -0.05) is 89.5 Å². The van der Waals surface area contributed by atoms with Crippen LogP contribution in [0.4, 0.5) is 0 Å². The van der Waals surface area contributed by atoms with Gasteiger partial charge in [-0.25, -0.2) is 0 Å². The van der Waals surface area contributed by atoms with Gasteiger partial charge in [0.1, 0.15) is 0 Å². The molecule has 0 spiro atoms. The molecule has 0 amide bonds. The summed E-state index contributed by atoms with van der Waals surface area (Å²) in [7, 11) is 0. The van der Waals surface area contributed by atoms with Crippen LogP contribution in [-0.4, -0.2) is 12.6 Å². The van der Waals surface area contributed by atoms with Crippen molar-refractivity contribution < 1.29 is 9.53 Å². The molecule has 0 bridgehead atoms. The molecule has 3 rings (SSSR count). The number of hydrogen-bond acceptors (Lipinski definition) is 2. The van der Waals surface area contributed by atoms with E-state index in [1.807, 2.05) is 0 Å². The lowest BCUT2D eigenvalue weighted by Crippen LogP contribution is -2.55. The van der Waals surface area contributed by atoms with Crippen molar-refractivity contribution in [3.8, 4) is 0 Å². The highest BCUT2D eigenvalue weighted by molar-refractivity contribution is 5.72. The van der Waals surface area contributed by atoms with Crippen molar-refractivity contribution in [2.45, 2.75) is 160 Å². The van der Waals surface area contributed by atoms with Crippen LogP contribution in [0.15, 0.2) is 0 Å². The minimum Gasteiger partial charge on any atom is -0.465 e. The number of carbonyl (C=O) groups excluding carboxylic acids is 1. The van der Waals surface area contributed by atoms with E-state index in [1.54, 1.807) is 0 Å². The Bertz CT molecular complexity index is 814. The molecular weight excluding hydrogens is 488 g/mol. The average Bonchev–Trinajstić information content (AvgIpc) is 2.80. The third kappa shape index (κ3) is 8.52. The Balaban J connectivity index is 1.69. The second kappa shape index (κ2) is 13.0. The first kappa shape index (κ1) is 34.0. The fourth-order valence-electron chi connectivity index (χ4n) is 10.5. The van der Waals surface area contributed by atoms with E-state index in [0.29, 0.717) is 35.2 Å². The molecule has 0 aliphatic heterocycles. The SMILES string of the molecule is CC(CCC(C(=O)OC[C@@]1(C)CCC[C@@]2(C)C1CCC1CC(C(C)C)CC[C@H]12)C(C)CC(C)(C)C)CC(C)(C)C. The van der Waals surface area contributed by atoms with Gasteiger partial charge in [-0.05, 0) is 128 Å². The highest BCUT2D eigenvalue weighted by atomic mass is 16.5. The van der Waals surface area contributed by atoms with Crippen LogP contribution in [-0.2, 0) is 9.53 Å². The van der Waals surface area contributed by atoms with Crippen LogP contribution in [0.25, 0.3) is 0 Å². The smallest absolute Gasteiger partial charge is 0.309 e. The number of rotatable bonds is 10. The normalized spacial score (nSPS) is 35.4. The summed E-state index contributed by atoms with van der Waals surface area (Å²) in [6, 6.07) is 0. The molecule has 0 saturated heterocycles. The Labute approximate surface area is 250 Å². The van der Waals surface area contributed by atoms with E-state index < -0.39 is 0 Å². The Hall–Kier alpha value is -0.530.